The van der Waals surface area contributed by atoms with E-state index < -0.39 is 5.54 Å². The number of hydrogen-bond donors (Lipinski definition) is 2. The lowest BCUT2D eigenvalue weighted by molar-refractivity contribution is 0.0908. The van der Waals surface area contributed by atoms with E-state index in [2.05, 4.69) is 10.3 Å². The van der Waals surface area contributed by atoms with Crippen molar-refractivity contribution in [3.8, 4) is 5.75 Å². The van der Waals surface area contributed by atoms with Gasteiger partial charge in [-0.3, -0.25) is 4.79 Å². The van der Waals surface area contributed by atoms with Gasteiger partial charge in [0.25, 0.3) is 5.91 Å². The van der Waals surface area contributed by atoms with Gasteiger partial charge in [0.1, 0.15) is 12.4 Å². The SMILES string of the molecule is Cc1ncsc1COc1ccc2sc(C)c(C(=O)NC3(CO)CC3)c2c1. The summed E-state index contributed by atoms with van der Waals surface area (Å²) in [6.45, 7) is 4.39. The van der Waals surface area contributed by atoms with Crippen molar-refractivity contribution in [3.05, 3.63) is 44.7 Å². The average Bonchev–Trinajstić information content (AvgIpc) is 3.14. The first kappa shape index (κ1) is 17.5. The second-order valence-electron chi connectivity index (χ2n) is 6.73. The van der Waals surface area contributed by atoms with Crippen LogP contribution in [0.15, 0.2) is 23.7 Å². The summed E-state index contributed by atoms with van der Waals surface area (Å²) in [7, 11) is 0. The number of thiazole rings is 1. The number of carbonyl (C=O) groups excluding carboxylic acids is 1. The zero-order valence-electron chi connectivity index (χ0n) is 14.7. The number of nitrogens with zero attached hydrogens (tertiary/aromatic N) is 1. The fourth-order valence-corrected chi connectivity index (χ4v) is 4.69. The van der Waals surface area contributed by atoms with Crippen molar-refractivity contribution in [1.82, 2.24) is 10.3 Å². The number of nitrogens with one attached hydrogen (secondary N) is 1. The van der Waals surface area contributed by atoms with Crippen molar-refractivity contribution in [2.24, 2.45) is 0 Å². The topological polar surface area (TPSA) is 71.5 Å². The monoisotopic (exact) mass is 388 g/mol. The summed E-state index contributed by atoms with van der Waals surface area (Å²) in [5.74, 6) is 0.621. The van der Waals surface area contributed by atoms with Crippen LogP contribution in [0.25, 0.3) is 10.1 Å². The molecule has 0 saturated heterocycles. The summed E-state index contributed by atoms with van der Waals surface area (Å²) in [5.41, 5.74) is 3.07. The highest BCUT2D eigenvalue weighted by Crippen LogP contribution is 2.37. The summed E-state index contributed by atoms with van der Waals surface area (Å²) in [6, 6.07) is 5.87. The van der Waals surface area contributed by atoms with Crippen LogP contribution in [-0.4, -0.2) is 28.1 Å². The lowest BCUT2D eigenvalue weighted by atomic mass is 10.1. The minimum atomic E-state index is -0.421. The lowest BCUT2D eigenvalue weighted by Crippen LogP contribution is -2.39. The van der Waals surface area contributed by atoms with Gasteiger partial charge >= 0.3 is 0 Å². The van der Waals surface area contributed by atoms with Crippen molar-refractivity contribution in [1.29, 1.82) is 0 Å². The molecule has 5 nitrogen and oxygen atoms in total. The van der Waals surface area contributed by atoms with E-state index >= 15 is 0 Å². The molecule has 0 unspecified atom stereocenters. The number of fused-ring (bicyclic) bond motifs is 1. The fraction of sp³-hybridized carbons (Fsp3) is 0.368. The zero-order valence-corrected chi connectivity index (χ0v) is 16.3. The Labute approximate surface area is 159 Å². The minimum Gasteiger partial charge on any atom is -0.488 e. The highest BCUT2D eigenvalue weighted by atomic mass is 32.1. The molecule has 0 radical (unpaired) electrons. The molecular weight excluding hydrogens is 368 g/mol. The molecular formula is C19H20N2O3S2. The van der Waals surface area contributed by atoms with Crippen LogP contribution >= 0.6 is 22.7 Å². The molecule has 1 fully saturated rings. The van der Waals surface area contributed by atoms with Crippen LogP contribution in [0.5, 0.6) is 5.75 Å². The van der Waals surface area contributed by atoms with Crippen molar-refractivity contribution >= 4 is 38.7 Å². The van der Waals surface area contributed by atoms with Crippen LogP contribution in [-0.2, 0) is 6.61 Å². The van der Waals surface area contributed by atoms with E-state index in [1.54, 1.807) is 22.7 Å². The Morgan fingerprint density at radius 2 is 2.19 bits per heavy atom. The van der Waals surface area contributed by atoms with Gasteiger partial charge in [-0.15, -0.1) is 22.7 Å². The van der Waals surface area contributed by atoms with E-state index in [1.165, 1.54) is 0 Å². The van der Waals surface area contributed by atoms with Crippen molar-refractivity contribution < 1.29 is 14.6 Å². The molecule has 1 aliphatic rings. The maximum absolute atomic E-state index is 12.8. The van der Waals surface area contributed by atoms with Gasteiger partial charge in [-0.2, -0.15) is 0 Å². The maximum Gasteiger partial charge on any atom is 0.253 e. The predicted molar refractivity (Wildman–Crippen MR) is 104 cm³/mol. The molecule has 136 valence electrons. The number of aromatic nitrogens is 1. The first-order chi connectivity index (χ1) is 12.5. The van der Waals surface area contributed by atoms with Gasteiger partial charge < -0.3 is 15.2 Å². The number of aliphatic hydroxyl groups excluding tert-OH is 1. The molecule has 2 N–H and O–H groups in total. The Bertz CT molecular complexity index is 972. The van der Waals surface area contributed by atoms with Gasteiger partial charge in [-0.1, -0.05) is 0 Å². The lowest BCUT2D eigenvalue weighted by Gasteiger charge is -2.14. The van der Waals surface area contributed by atoms with E-state index in [9.17, 15) is 9.90 Å². The van der Waals surface area contributed by atoms with Crippen LogP contribution in [0.3, 0.4) is 0 Å². The fourth-order valence-electron chi connectivity index (χ4n) is 2.96. The molecule has 1 amide bonds. The average molecular weight is 389 g/mol. The molecule has 4 rings (SSSR count). The number of hydrogen-bond acceptors (Lipinski definition) is 6. The van der Waals surface area contributed by atoms with Gasteiger partial charge in [0.2, 0.25) is 0 Å². The Morgan fingerprint density at radius 3 is 2.85 bits per heavy atom. The molecule has 0 aliphatic heterocycles. The number of benzene rings is 1. The third-order valence-corrected chi connectivity index (χ3v) is 6.81. The molecule has 0 atom stereocenters. The zero-order chi connectivity index (χ0) is 18.3. The number of carbonyl (C=O) groups is 1. The summed E-state index contributed by atoms with van der Waals surface area (Å²) >= 11 is 3.18. The van der Waals surface area contributed by atoms with Gasteiger partial charge in [0, 0.05) is 15.0 Å². The van der Waals surface area contributed by atoms with E-state index in [0.29, 0.717) is 12.2 Å². The Kier molecular flexibility index (Phi) is 4.46. The van der Waals surface area contributed by atoms with Crippen LogP contribution in [0.2, 0.25) is 0 Å². The molecule has 2 aromatic heterocycles. The van der Waals surface area contributed by atoms with Gasteiger partial charge in [0.05, 0.1) is 33.8 Å². The number of ether oxygens (including phenoxy) is 1. The molecule has 2 heterocycles. The second kappa shape index (κ2) is 6.64. The molecule has 1 aliphatic carbocycles. The van der Waals surface area contributed by atoms with Crippen LogP contribution < -0.4 is 10.1 Å². The molecule has 26 heavy (non-hydrogen) atoms. The third kappa shape index (κ3) is 3.22. The molecule has 3 aromatic rings. The van der Waals surface area contributed by atoms with E-state index in [-0.39, 0.29) is 12.5 Å². The van der Waals surface area contributed by atoms with Crippen LogP contribution in [0, 0.1) is 13.8 Å². The summed E-state index contributed by atoms with van der Waals surface area (Å²) in [4.78, 5) is 19.1. The summed E-state index contributed by atoms with van der Waals surface area (Å²) in [6.07, 6.45) is 1.66. The number of rotatable bonds is 6. The highest BCUT2D eigenvalue weighted by Gasteiger charge is 2.44. The number of amides is 1. The number of aliphatic hydroxyl groups is 1. The van der Waals surface area contributed by atoms with Crippen molar-refractivity contribution in [2.45, 2.75) is 38.8 Å². The molecule has 1 saturated carbocycles. The Balaban J connectivity index is 1.60. The molecule has 7 heteroatoms. The number of thiophene rings is 1. The van der Waals surface area contributed by atoms with Gasteiger partial charge in [-0.25, -0.2) is 4.98 Å². The normalized spacial score (nSPS) is 15.2. The smallest absolute Gasteiger partial charge is 0.253 e. The minimum absolute atomic E-state index is 0.0115. The van der Waals surface area contributed by atoms with Gasteiger partial charge in [0.15, 0.2) is 0 Å². The van der Waals surface area contributed by atoms with Crippen molar-refractivity contribution in [3.63, 3.8) is 0 Å². The number of aryl methyl sites for hydroxylation is 2. The quantitative estimate of drug-likeness (QED) is 0.674. The highest BCUT2D eigenvalue weighted by molar-refractivity contribution is 7.19. The van der Waals surface area contributed by atoms with Gasteiger partial charge in [-0.05, 0) is 44.9 Å². The Hall–Kier alpha value is -1.96. The van der Waals surface area contributed by atoms with E-state index in [4.69, 9.17) is 4.74 Å². The molecule has 0 bridgehead atoms. The van der Waals surface area contributed by atoms with Crippen LogP contribution in [0.4, 0.5) is 0 Å². The first-order valence-corrected chi connectivity index (χ1v) is 10.2. The Morgan fingerprint density at radius 1 is 1.38 bits per heavy atom. The third-order valence-electron chi connectivity index (χ3n) is 4.81. The first-order valence-electron chi connectivity index (χ1n) is 8.50. The van der Waals surface area contributed by atoms with Crippen molar-refractivity contribution in [2.75, 3.05) is 6.61 Å². The molecule has 0 spiro atoms. The van der Waals surface area contributed by atoms with Crippen LogP contribution in [0.1, 0.15) is 38.6 Å². The van der Waals surface area contributed by atoms with E-state index in [0.717, 1.165) is 44.1 Å². The summed E-state index contributed by atoms with van der Waals surface area (Å²) in [5, 5.41) is 13.4. The standard InChI is InChI=1S/C19H20N2O3S2/c1-11-16(25-10-20-11)8-24-13-3-4-15-14(7-13)17(12(2)26-15)18(23)21-19(9-22)5-6-19/h3-4,7,10,22H,5-6,8-9H2,1-2H3,(H,21,23). The molecule has 1 aromatic carbocycles. The maximum atomic E-state index is 12.8. The predicted octanol–water partition coefficient (Wildman–Crippen LogP) is 3.81. The largest absolute Gasteiger partial charge is 0.488 e. The second-order valence-corrected chi connectivity index (χ2v) is 8.93. The van der Waals surface area contributed by atoms with E-state index in [1.807, 2.05) is 37.6 Å². The summed E-state index contributed by atoms with van der Waals surface area (Å²) < 4.78 is 6.98.